The molecule has 0 aliphatic rings. The monoisotopic (exact) mass is 350 g/mol. The molecule has 7 heteroatoms. The first-order valence-electron chi connectivity index (χ1n) is 8.12. The normalized spacial score (nSPS) is 10.9. The molecule has 132 valence electrons. The summed E-state index contributed by atoms with van der Waals surface area (Å²) in [6.45, 7) is 3.63. The predicted molar refractivity (Wildman–Crippen MR) is 99.3 cm³/mol. The van der Waals surface area contributed by atoms with E-state index in [1.807, 2.05) is 13.8 Å². The topological polar surface area (TPSA) is 107 Å². The molecule has 3 rings (SSSR count). The first-order chi connectivity index (χ1) is 12.4. The van der Waals surface area contributed by atoms with Gasteiger partial charge in [-0.1, -0.05) is 30.3 Å². The van der Waals surface area contributed by atoms with E-state index in [4.69, 9.17) is 5.73 Å². The molecule has 1 heterocycles. The number of para-hydroxylation sites is 1. The van der Waals surface area contributed by atoms with Crippen LogP contribution in [0.5, 0.6) is 0 Å². The zero-order chi connectivity index (χ0) is 18.8. The number of benzene rings is 2. The van der Waals surface area contributed by atoms with E-state index < -0.39 is 11.8 Å². The van der Waals surface area contributed by atoms with Gasteiger partial charge in [0.2, 0.25) is 0 Å². The number of fused-ring (bicyclic) bond motifs is 1. The molecule has 0 fully saturated rings. The van der Waals surface area contributed by atoms with Crippen molar-refractivity contribution in [3.63, 3.8) is 0 Å². The molecule has 0 aliphatic carbocycles. The molecular weight excluding hydrogens is 332 g/mol. The highest BCUT2D eigenvalue weighted by atomic mass is 16.2. The van der Waals surface area contributed by atoms with E-state index in [1.165, 1.54) is 10.7 Å². The SMILES string of the molecule is CC(C)n1nc(C(=O)Nc2ccccc2C(N)=O)c2ccccc2c1=O. The number of hydrogen-bond acceptors (Lipinski definition) is 4. The van der Waals surface area contributed by atoms with Gasteiger partial charge >= 0.3 is 0 Å². The molecule has 2 aromatic carbocycles. The van der Waals surface area contributed by atoms with Gasteiger partial charge in [-0.15, -0.1) is 0 Å². The maximum absolute atomic E-state index is 12.8. The number of aromatic nitrogens is 2. The quantitative estimate of drug-likeness (QED) is 0.753. The van der Waals surface area contributed by atoms with Gasteiger partial charge in [-0.25, -0.2) is 4.68 Å². The third-order valence-electron chi connectivity index (χ3n) is 3.97. The third kappa shape index (κ3) is 3.06. The average Bonchev–Trinajstić information content (AvgIpc) is 2.62. The van der Waals surface area contributed by atoms with Crippen LogP contribution in [0, 0.1) is 0 Å². The Labute approximate surface area is 149 Å². The van der Waals surface area contributed by atoms with E-state index in [1.54, 1.807) is 42.5 Å². The van der Waals surface area contributed by atoms with Crippen molar-refractivity contribution in [1.82, 2.24) is 9.78 Å². The van der Waals surface area contributed by atoms with Gasteiger partial charge in [-0.05, 0) is 32.0 Å². The summed E-state index contributed by atoms with van der Waals surface area (Å²) in [6.07, 6.45) is 0. The van der Waals surface area contributed by atoms with Gasteiger partial charge in [0.1, 0.15) is 0 Å². The zero-order valence-electron chi connectivity index (χ0n) is 14.4. The maximum Gasteiger partial charge on any atom is 0.276 e. The molecule has 3 N–H and O–H groups in total. The number of amides is 2. The number of nitrogens with zero attached hydrogens (tertiary/aromatic N) is 2. The highest BCUT2D eigenvalue weighted by Crippen LogP contribution is 2.19. The van der Waals surface area contributed by atoms with Crippen LogP contribution in [-0.2, 0) is 0 Å². The summed E-state index contributed by atoms with van der Waals surface area (Å²) in [7, 11) is 0. The molecule has 26 heavy (non-hydrogen) atoms. The number of primary amides is 1. The Balaban J connectivity index is 2.14. The largest absolute Gasteiger partial charge is 0.366 e. The number of nitrogens with two attached hydrogens (primary N) is 1. The van der Waals surface area contributed by atoms with Crippen molar-refractivity contribution in [1.29, 1.82) is 0 Å². The van der Waals surface area contributed by atoms with Crippen molar-refractivity contribution in [3.05, 3.63) is 70.1 Å². The van der Waals surface area contributed by atoms with Crippen LogP contribution in [-0.4, -0.2) is 21.6 Å². The Morgan fingerprint density at radius 3 is 2.31 bits per heavy atom. The number of carbonyl (C=O) groups is 2. The molecule has 3 aromatic rings. The Hall–Kier alpha value is -3.48. The number of rotatable bonds is 4. The van der Waals surface area contributed by atoms with Crippen LogP contribution < -0.4 is 16.6 Å². The van der Waals surface area contributed by atoms with Crippen molar-refractivity contribution in [2.75, 3.05) is 5.32 Å². The summed E-state index contributed by atoms with van der Waals surface area (Å²) in [5.74, 6) is -1.17. The van der Waals surface area contributed by atoms with E-state index >= 15 is 0 Å². The van der Waals surface area contributed by atoms with E-state index in [0.29, 0.717) is 10.8 Å². The molecule has 1 aromatic heterocycles. The molecule has 0 unspecified atom stereocenters. The van der Waals surface area contributed by atoms with Crippen molar-refractivity contribution < 1.29 is 9.59 Å². The number of hydrogen-bond donors (Lipinski definition) is 2. The molecule has 7 nitrogen and oxygen atoms in total. The van der Waals surface area contributed by atoms with Crippen LogP contribution in [0.2, 0.25) is 0 Å². The summed E-state index contributed by atoms with van der Waals surface area (Å²) in [4.78, 5) is 37.0. The first-order valence-corrected chi connectivity index (χ1v) is 8.12. The molecular formula is C19H18N4O3. The second-order valence-corrected chi connectivity index (χ2v) is 6.10. The summed E-state index contributed by atoms with van der Waals surface area (Å²) in [5.41, 5.74) is 5.68. The minimum Gasteiger partial charge on any atom is -0.366 e. The lowest BCUT2D eigenvalue weighted by atomic mass is 10.1. The van der Waals surface area contributed by atoms with E-state index in [2.05, 4.69) is 10.4 Å². The van der Waals surface area contributed by atoms with Crippen LogP contribution in [0.4, 0.5) is 5.69 Å². The van der Waals surface area contributed by atoms with Gasteiger partial charge in [0.05, 0.1) is 22.7 Å². The lowest BCUT2D eigenvalue weighted by molar-refractivity contribution is 0.100. The lowest BCUT2D eigenvalue weighted by Gasteiger charge is -2.14. The van der Waals surface area contributed by atoms with Gasteiger partial charge in [0.25, 0.3) is 17.4 Å². The second-order valence-electron chi connectivity index (χ2n) is 6.10. The van der Waals surface area contributed by atoms with E-state index in [0.717, 1.165) is 0 Å². The van der Waals surface area contributed by atoms with Crippen LogP contribution in [0.1, 0.15) is 40.7 Å². The number of carbonyl (C=O) groups excluding carboxylic acids is 2. The second kappa shape index (κ2) is 6.79. The summed E-state index contributed by atoms with van der Waals surface area (Å²) < 4.78 is 1.28. The van der Waals surface area contributed by atoms with Crippen molar-refractivity contribution >= 4 is 28.3 Å². The van der Waals surface area contributed by atoms with Crippen LogP contribution in [0.25, 0.3) is 10.8 Å². The minimum atomic E-state index is -0.647. The molecule has 0 saturated heterocycles. The molecule has 0 bridgehead atoms. The van der Waals surface area contributed by atoms with Gasteiger partial charge in [0, 0.05) is 5.39 Å². The third-order valence-corrected chi connectivity index (χ3v) is 3.97. The molecule has 0 atom stereocenters. The van der Waals surface area contributed by atoms with E-state index in [9.17, 15) is 14.4 Å². The highest BCUT2D eigenvalue weighted by Gasteiger charge is 2.19. The van der Waals surface area contributed by atoms with E-state index in [-0.39, 0.29) is 28.5 Å². The van der Waals surface area contributed by atoms with Crippen molar-refractivity contribution in [3.8, 4) is 0 Å². The summed E-state index contributed by atoms with van der Waals surface area (Å²) >= 11 is 0. The molecule has 2 amide bonds. The molecule has 0 saturated carbocycles. The van der Waals surface area contributed by atoms with Crippen LogP contribution in [0.3, 0.4) is 0 Å². The lowest BCUT2D eigenvalue weighted by Crippen LogP contribution is -2.29. The van der Waals surface area contributed by atoms with Crippen molar-refractivity contribution in [2.24, 2.45) is 5.73 Å². The minimum absolute atomic E-state index is 0.105. The fourth-order valence-corrected chi connectivity index (χ4v) is 2.71. The van der Waals surface area contributed by atoms with Gasteiger partial charge in [-0.3, -0.25) is 14.4 Å². The number of anilines is 1. The van der Waals surface area contributed by atoms with Gasteiger partial charge in [0.15, 0.2) is 5.69 Å². The van der Waals surface area contributed by atoms with Crippen LogP contribution in [0.15, 0.2) is 53.3 Å². The maximum atomic E-state index is 12.8. The van der Waals surface area contributed by atoms with Crippen LogP contribution >= 0.6 is 0 Å². The Morgan fingerprint density at radius 2 is 1.65 bits per heavy atom. The summed E-state index contributed by atoms with van der Waals surface area (Å²) in [5, 5.41) is 7.77. The fourth-order valence-electron chi connectivity index (χ4n) is 2.71. The Bertz CT molecular complexity index is 1070. The summed E-state index contributed by atoms with van der Waals surface area (Å²) in [6, 6.07) is 13.0. The molecule has 0 aliphatic heterocycles. The van der Waals surface area contributed by atoms with Crippen molar-refractivity contribution in [2.45, 2.75) is 19.9 Å². The zero-order valence-corrected chi connectivity index (χ0v) is 14.4. The standard InChI is InChI=1S/C19H18N4O3/c1-11(2)23-19(26)13-8-4-3-7-12(13)16(22-23)18(25)21-15-10-6-5-9-14(15)17(20)24/h3-11H,1-2H3,(H2,20,24)(H,21,25). The molecule has 0 radical (unpaired) electrons. The molecule has 0 spiro atoms. The van der Waals surface area contributed by atoms with Gasteiger partial charge in [-0.2, -0.15) is 5.10 Å². The Kier molecular flexibility index (Phi) is 4.53. The predicted octanol–water partition coefficient (Wildman–Crippen LogP) is 2.33. The smallest absolute Gasteiger partial charge is 0.276 e. The average molecular weight is 350 g/mol. The Morgan fingerprint density at radius 1 is 1.04 bits per heavy atom. The first kappa shape index (κ1) is 17.3. The fraction of sp³-hybridized carbons (Fsp3) is 0.158. The van der Waals surface area contributed by atoms with Gasteiger partial charge < -0.3 is 11.1 Å². The number of nitrogens with one attached hydrogen (secondary N) is 1. The highest BCUT2D eigenvalue weighted by molar-refractivity contribution is 6.13.